The lowest BCUT2D eigenvalue weighted by atomic mass is 10.0. The molecule has 0 aromatic rings. The van der Waals surface area contributed by atoms with Crippen LogP contribution in [0.15, 0.2) is 0 Å². The number of fused-ring (bicyclic) bond motifs is 5. The van der Waals surface area contributed by atoms with Crippen LogP contribution in [0, 0.1) is 29.6 Å². The maximum atomic E-state index is 12.2. The molecule has 3 aliphatic rings. The van der Waals surface area contributed by atoms with E-state index in [1.54, 1.807) is 7.11 Å². The number of carbonyl (C=O) groups excluding carboxylic acids is 1. The number of rotatable bonds is 5. The second kappa shape index (κ2) is 4.54. The van der Waals surface area contributed by atoms with E-state index in [1.807, 2.05) is 0 Å². The topological polar surface area (TPSA) is 38.3 Å². The van der Waals surface area contributed by atoms with Gasteiger partial charge in [-0.3, -0.25) is 4.79 Å². The Kier molecular flexibility index (Phi) is 3.20. The van der Waals surface area contributed by atoms with Crippen LogP contribution in [0.4, 0.5) is 0 Å². The summed E-state index contributed by atoms with van der Waals surface area (Å²) in [7, 11) is 1.67. The molecule has 5 atom stereocenters. The molecule has 1 amide bonds. The van der Waals surface area contributed by atoms with Crippen LogP contribution < -0.4 is 5.32 Å². The Morgan fingerprint density at radius 1 is 1.41 bits per heavy atom. The second-order valence-electron chi connectivity index (χ2n) is 5.83. The number of hydrogen-bond acceptors (Lipinski definition) is 2. The third-order valence-electron chi connectivity index (χ3n) is 4.94. The minimum atomic E-state index is 0.117. The van der Waals surface area contributed by atoms with E-state index >= 15 is 0 Å². The van der Waals surface area contributed by atoms with Crippen LogP contribution in [0.25, 0.3) is 0 Å². The first-order valence-corrected chi connectivity index (χ1v) is 7.73. The minimum absolute atomic E-state index is 0.117. The van der Waals surface area contributed by atoms with E-state index in [4.69, 9.17) is 4.74 Å². The van der Waals surface area contributed by atoms with Gasteiger partial charge in [-0.2, -0.15) is 0 Å². The highest BCUT2D eigenvalue weighted by Gasteiger charge is 2.67. The number of hydrogen-bond donors (Lipinski definition) is 1. The van der Waals surface area contributed by atoms with Crippen LogP contribution in [-0.4, -0.2) is 31.0 Å². The standard InChI is InChI=1S/C13H20BrNO2/c1-17-6-9(5-14)15-13(16)12-10-7-2-3-8(4-7)11(10)12/h7-12H,2-6H2,1H3,(H,15,16). The molecule has 3 nitrogen and oxygen atoms in total. The summed E-state index contributed by atoms with van der Waals surface area (Å²) in [4.78, 5) is 12.2. The Balaban J connectivity index is 1.55. The summed E-state index contributed by atoms with van der Waals surface area (Å²) in [6.45, 7) is 0.589. The third-order valence-corrected chi connectivity index (χ3v) is 5.72. The fraction of sp³-hybridized carbons (Fsp3) is 0.923. The summed E-state index contributed by atoms with van der Waals surface area (Å²) in [5.74, 6) is 3.80. The molecule has 2 bridgehead atoms. The molecule has 4 heteroatoms. The van der Waals surface area contributed by atoms with Crippen molar-refractivity contribution in [3.8, 4) is 0 Å². The van der Waals surface area contributed by atoms with Crippen LogP contribution in [0.2, 0.25) is 0 Å². The van der Waals surface area contributed by atoms with Crippen molar-refractivity contribution in [1.29, 1.82) is 0 Å². The molecule has 0 radical (unpaired) electrons. The summed E-state index contributed by atoms with van der Waals surface area (Å²) < 4.78 is 5.10. The molecule has 0 saturated heterocycles. The van der Waals surface area contributed by atoms with Gasteiger partial charge in [0, 0.05) is 18.4 Å². The highest BCUT2D eigenvalue weighted by molar-refractivity contribution is 9.09. The first-order valence-electron chi connectivity index (χ1n) is 6.61. The zero-order valence-corrected chi connectivity index (χ0v) is 11.8. The van der Waals surface area contributed by atoms with Crippen molar-refractivity contribution in [3.63, 3.8) is 0 Å². The lowest BCUT2D eigenvalue weighted by Gasteiger charge is -2.16. The van der Waals surface area contributed by atoms with E-state index in [9.17, 15) is 4.79 Å². The van der Waals surface area contributed by atoms with Crippen molar-refractivity contribution >= 4 is 21.8 Å². The number of ether oxygens (including phenoxy) is 1. The van der Waals surface area contributed by atoms with Crippen molar-refractivity contribution in [2.75, 3.05) is 19.0 Å². The molecule has 3 fully saturated rings. The smallest absolute Gasteiger partial charge is 0.224 e. The van der Waals surface area contributed by atoms with Gasteiger partial charge in [-0.05, 0) is 42.9 Å². The van der Waals surface area contributed by atoms with Crippen LogP contribution in [-0.2, 0) is 9.53 Å². The first-order chi connectivity index (χ1) is 8.26. The zero-order chi connectivity index (χ0) is 12.0. The molecule has 0 spiro atoms. The van der Waals surface area contributed by atoms with Gasteiger partial charge in [0.2, 0.25) is 5.91 Å². The highest BCUT2D eigenvalue weighted by Crippen LogP contribution is 2.69. The predicted molar refractivity (Wildman–Crippen MR) is 68.9 cm³/mol. The Morgan fingerprint density at radius 3 is 2.59 bits per heavy atom. The fourth-order valence-corrected chi connectivity index (χ4v) is 4.65. The number of nitrogens with one attached hydrogen (secondary N) is 1. The molecule has 17 heavy (non-hydrogen) atoms. The Labute approximate surface area is 111 Å². The maximum Gasteiger partial charge on any atom is 0.224 e. The molecule has 0 aromatic carbocycles. The molecule has 96 valence electrons. The summed E-state index contributed by atoms with van der Waals surface area (Å²) in [5.41, 5.74) is 0. The van der Waals surface area contributed by atoms with Crippen LogP contribution in [0.3, 0.4) is 0 Å². The van der Waals surface area contributed by atoms with Gasteiger partial charge in [0.25, 0.3) is 0 Å². The molecule has 0 aliphatic heterocycles. The van der Waals surface area contributed by atoms with Crippen LogP contribution >= 0.6 is 15.9 Å². The van der Waals surface area contributed by atoms with Crippen molar-refractivity contribution in [2.45, 2.75) is 25.3 Å². The van der Waals surface area contributed by atoms with Gasteiger partial charge in [0.1, 0.15) is 0 Å². The Morgan fingerprint density at radius 2 is 2.06 bits per heavy atom. The largest absolute Gasteiger partial charge is 0.383 e. The summed E-state index contributed by atoms with van der Waals surface area (Å²) in [6.07, 6.45) is 4.14. The summed E-state index contributed by atoms with van der Waals surface area (Å²) in [5, 5.41) is 3.88. The third kappa shape index (κ3) is 1.93. The van der Waals surface area contributed by atoms with Crippen LogP contribution in [0.1, 0.15) is 19.3 Å². The molecule has 0 heterocycles. The van der Waals surface area contributed by atoms with Gasteiger partial charge < -0.3 is 10.1 Å². The number of methoxy groups -OCH3 is 1. The van der Waals surface area contributed by atoms with E-state index in [1.165, 1.54) is 19.3 Å². The molecular weight excluding hydrogens is 282 g/mol. The van der Waals surface area contributed by atoms with Crippen molar-refractivity contribution < 1.29 is 9.53 Å². The van der Waals surface area contributed by atoms with E-state index in [0.717, 1.165) is 29.0 Å². The average Bonchev–Trinajstić information content (AvgIpc) is 2.78. The summed E-state index contributed by atoms with van der Waals surface area (Å²) in [6, 6.07) is 0.117. The van der Waals surface area contributed by atoms with E-state index in [-0.39, 0.29) is 11.9 Å². The highest BCUT2D eigenvalue weighted by atomic mass is 79.9. The van der Waals surface area contributed by atoms with Crippen molar-refractivity contribution in [2.24, 2.45) is 29.6 Å². The molecule has 3 aliphatic carbocycles. The molecular formula is C13H20BrNO2. The van der Waals surface area contributed by atoms with Crippen LogP contribution in [0.5, 0.6) is 0 Å². The van der Waals surface area contributed by atoms with Crippen molar-refractivity contribution in [1.82, 2.24) is 5.32 Å². The maximum absolute atomic E-state index is 12.2. The van der Waals surface area contributed by atoms with E-state index < -0.39 is 0 Å². The van der Waals surface area contributed by atoms with E-state index in [2.05, 4.69) is 21.2 Å². The first kappa shape index (κ1) is 12.0. The Hall–Kier alpha value is -0.0900. The van der Waals surface area contributed by atoms with Gasteiger partial charge in [0.15, 0.2) is 0 Å². The molecule has 3 rings (SSSR count). The van der Waals surface area contributed by atoms with Gasteiger partial charge in [-0.1, -0.05) is 15.9 Å². The normalized spacial score (nSPS) is 43.3. The van der Waals surface area contributed by atoms with Gasteiger partial charge in [-0.25, -0.2) is 0 Å². The van der Waals surface area contributed by atoms with Crippen molar-refractivity contribution in [3.05, 3.63) is 0 Å². The predicted octanol–water partition coefficient (Wildman–Crippen LogP) is 1.80. The lowest BCUT2D eigenvalue weighted by Crippen LogP contribution is -2.41. The minimum Gasteiger partial charge on any atom is -0.383 e. The monoisotopic (exact) mass is 301 g/mol. The second-order valence-corrected chi connectivity index (χ2v) is 6.48. The SMILES string of the molecule is COCC(CBr)NC(=O)C1C2C3CCC(C3)C12. The van der Waals surface area contributed by atoms with Gasteiger partial charge in [0.05, 0.1) is 12.6 Å². The molecule has 5 unspecified atom stereocenters. The number of carbonyl (C=O) groups is 1. The lowest BCUT2D eigenvalue weighted by molar-refractivity contribution is -0.124. The number of amides is 1. The van der Waals surface area contributed by atoms with Gasteiger partial charge in [-0.15, -0.1) is 0 Å². The summed E-state index contributed by atoms with van der Waals surface area (Å²) >= 11 is 3.42. The zero-order valence-electron chi connectivity index (χ0n) is 10.2. The molecule has 0 aromatic heterocycles. The fourth-order valence-electron chi connectivity index (χ4n) is 4.30. The molecule has 3 saturated carbocycles. The Bertz CT molecular complexity index is 307. The van der Waals surface area contributed by atoms with E-state index in [0.29, 0.717) is 12.5 Å². The number of halogens is 1. The van der Waals surface area contributed by atoms with Gasteiger partial charge >= 0.3 is 0 Å². The molecule has 1 N–H and O–H groups in total. The quantitative estimate of drug-likeness (QED) is 0.787. The number of alkyl halides is 1. The average molecular weight is 302 g/mol.